The van der Waals surface area contributed by atoms with Crippen molar-refractivity contribution in [3.05, 3.63) is 0 Å². The molecule has 96 valence electrons. The van der Waals surface area contributed by atoms with E-state index in [0.717, 1.165) is 7.11 Å². The van der Waals surface area contributed by atoms with Gasteiger partial charge in [0.1, 0.15) is 6.04 Å². The second-order valence-electron chi connectivity index (χ2n) is 3.91. The van der Waals surface area contributed by atoms with Crippen LogP contribution in [-0.2, 0) is 19.1 Å². The van der Waals surface area contributed by atoms with E-state index < -0.39 is 24.4 Å². The van der Waals surface area contributed by atoms with Crippen LogP contribution in [0.2, 0.25) is 0 Å². The maximum Gasteiger partial charge on any atom is 0.329 e. The van der Waals surface area contributed by atoms with Crippen LogP contribution in [0, 0.1) is 5.92 Å². The number of carbonyl (C=O) groups excluding carboxylic acids is 2. The predicted octanol–water partition coefficient (Wildman–Crippen LogP) is 0.0900. The first kappa shape index (κ1) is 13.8. The quantitative estimate of drug-likeness (QED) is 0.561. The number of halogens is 1. The summed E-state index contributed by atoms with van der Waals surface area (Å²) in [6.07, 6.45) is -0.204. The van der Waals surface area contributed by atoms with Crippen molar-refractivity contribution in [1.82, 2.24) is 4.90 Å². The van der Waals surface area contributed by atoms with Gasteiger partial charge in [0.25, 0.3) is 0 Å². The number of carboxylic acid groups (broad SMARTS) is 1. The van der Waals surface area contributed by atoms with Crippen molar-refractivity contribution < 1.29 is 24.2 Å². The molecule has 1 saturated heterocycles. The second-order valence-corrected chi connectivity index (χ2v) is 4.22. The molecule has 1 N–H and O–H groups in total. The number of esters is 1. The van der Waals surface area contributed by atoms with Gasteiger partial charge in [-0.05, 0) is 5.92 Å². The molecule has 1 aliphatic rings. The Morgan fingerprint density at radius 1 is 1.65 bits per heavy atom. The lowest BCUT2D eigenvalue weighted by molar-refractivity contribution is -0.155. The van der Waals surface area contributed by atoms with Crippen LogP contribution in [-0.4, -0.2) is 53.4 Å². The number of aliphatic carboxylic acids is 1. The summed E-state index contributed by atoms with van der Waals surface area (Å²) in [4.78, 5) is 35.0. The molecular weight excluding hydrogens is 250 g/mol. The molecule has 6 nitrogen and oxygen atoms in total. The zero-order valence-corrected chi connectivity index (χ0v) is 10.1. The van der Waals surface area contributed by atoms with Gasteiger partial charge in [0, 0.05) is 18.8 Å². The first-order valence-corrected chi connectivity index (χ1v) is 5.68. The number of amides is 1. The van der Waals surface area contributed by atoms with Crippen LogP contribution in [0.15, 0.2) is 0 Å². The van der Waals surface area contributed by atoms with E-state index in [1.165, 1.54) is 4.90 Å². The third-order valence-electron chi connectivity index (χ3n) is 2.67. The lowest BCUT2D eigenvalue weighted by Gasteiger charge is -2.24. The topological polar surface area (TPSA) is 83.9 Å². The monoisotopic (exact) mass is 263 g/mol. The third-order valence-corrected chi connectivity index (χ3v) is 3.11. The van der Waals surface area contributed by atoms with Gasteiger partial charge in [-0.1, -0.05) is 0 Å². The highest BCUT2D eigenvalue weighted by Gasteiger charge is 2.38. The summed E-state index contributed by atoms with van der Waals surface area (Å²) in [5, 5.41) is 8.73. The van der Waals surface area contributed by atoms with Crippen molar-refractivity contribution in [1.29, 1.82) is 0 Å². The summed E-state index contributed by atoms with van der Waals surface area (Å²) in [7, 11) is 1.16. The van der Waals surface area contributed by atoms with Crippen LogP contribution in [0.4, 0.5) is 0 Å². The molecule has 0 bridgehead atoms. The minimum atomic E-state index is -1.15. The average Bonchev–Trinajstić information content (AvgIpc) is 2.66. The molecule has 0 aliphatic carbocycles. The Morgan fingerprint density at radius 2 is 2.29 bits per heavy atom. The number of alkyl halides is 1. The van der Waals surface area contributed by atoms with E-state index in [1.54, 1.807) is 0 Å². The molecule has 17 heavy (non-hydrogen) atoms. The summed E-state index contributed by atoms with van der Waals surface area (Å²) in [5.74, 6) is -1.85. The van der Waals surface area contributed by atoms with Crippen LogP contribution in [0.1, 0.15) is 12.8 Å². The van der Waals surface area contributed by atoms with Gasteiger partial charge in [0.05, 0.1) is 13.5 Å². The molecule has 0 aromatic rings. The van der Waals surface area contributed by atoms with Gasteiger partial charge in [0.15, 0.2) is 0 Å². The van der Waals surface area contributed by atoms with Crippen molar-refractivity contribution in [2.45, 2.75) is 18.9 Å². The molecule has 0 aromatic heterocycles. The normalized spacial score (nSPS) is 21.4. The van der Waals surface area contributed by atoms with Crippen molar-refractivity contribution in [3.63, 3.8) is 0 Å². The predicted molar refractivity (Wildman–Crippen MR) is 58.6 cm³/mol. The van der Waals surface area contributed by atoms with Crippen molar-refractivity contribution in [3.8, 4) is 0 Å². The Balaban J connectivity index is 2.79. The van der Waals surface area contributed by atoms with Crippen molar-refractivity contribution >= 4 is 29.4 Å². The van der Waals surface area contributed by atoms with E-state index in [0.29, 0.717) is 12.4 Å². The van der Waals surface area contributed by atoms with E-state index in [2.05, 4.69) is 4.74 Å². The third kappa shape index (κ3) is 3.33. The molecule has 0 spiro atoms. The standard InChI is InChI=1S/C10H14ClNO5/c1-17-10(16)7(3-9(14)15)12-5-6(4-11)2-8(12)13/h6-7H,2-5H2,1H3,(H,14,15)/t6?,7-/m1/s1. The fourth-order valence-corrected chi connectivity index (χ4v) is 2.04. The van der Waals surface area contributed by atoms with E-state index in [4.69, 9.17) is 16.7 Å². The van der Waals surface area contributed by atoms with Crippen LogP contribution in [0.3, 0.4) is 0 Å². The van der Waals surface area contributed by atoms with E-state index in [1.807, 2.05) is 0 Å². The smallest absolute Gasteiger partial charge is 0.329 e. The molecule has 1 heterocycles. The first-order valence-electron chi connectivity index (χ1n) is 5.14. The van der Waals surface area contributed by atoms with Gasteiger partial charge in [-0.15, -0.1) is 11.6 Å². The van der Waals surface area contributed by atoms with E-state index >= 15 is 0 Å². The SMILES string of the molecule is COC(=O)[C@@H](CC(=O)O)N1CC(CCl)CC1=O. The lowest BCUT2D eigenvalue weighted by atomic mass is 10.1. The number of methoxy groups -OCH3 is 1. The molecule has 1 amide bonds. The van der Waals surface area contributed by atoms with Crippen molar-refractivity contribution in [2.75, 3.05) is 19.5 Å². The summed E-state index contributed by atoms with van der Waals surface area (Å²) in [6, 6.07) is -1.06. The zero-order valence-electron chi connectivity index (χ0n) is 9.39. The Kier molecular flexibility index (Phi) is 4.74. The second kappa shape index (κ2) is 5.86. The molecule has 2 atom stereocenters. The molecular formula is C10H14ClNO5. The van der Waals surface area contributed by atoms with Crippen LogP contribution < -0.4 is 0 Å². The Morgan fingerprint density at radius 3 is 2.71 bits per heavy atom. The zero-order chi connectivity index (χ0) is 13.0. The first-order chi connectivity index (χ1) is 7.99. The van der Waals surface area contributed by atoms with Gasteiger partial charge < -0.3 is 14.7 Å². The van der Waals surface area contributed by atoms with Gasteiger partial charge in [-0.2, -0.15) is 0 Å². The van der Waals surface area contributed by atoms with Crippen LogP contribution in [0.25, 0.3) is 0 Å². The summed E-state index contributed by atoms with van der Waals surface area (Å²) < 4.78 is 4.51. The van der Waals surface area contributed by atoms with Gasteiger partial charge >= 0.3 is 11.9 Å². The van der Waals surface area contributed by atoms with Crippen molar-refractivity contribution in [2.24, 2.45) is 5.92 Å². The Bertz CT molecular complexity index is 333. The number of likely N-dealkylation sites (tertiary alicyclic amines) is 1. The molecule has 0 radical (unpaired) electrons. The molecule has 1 rings (SSSR count). The van der Waals surface area contributed by atoms with Gasteiger partial charge in [0.2, 0.25) is 5.91 Å². The highest BCUT2D eigenvalue weighted by molar-refractivity contribution is 6.18. The summed E-state index contributed by atoms with van der Waals surface area (Å²) in [6.45, 7) is 0.301. The number of carboxylic acids is 1. The van der Waals surface area contributed by atoms with Crippen LogP contribution >= 0.6 is 11.6 Å². The lowest BCUT2D eigenvalue weighted by Crippen LogP contribution is -2.44. The number of hydrogen-bond acceptors (Lipinski definition) is 4. The van der Waals surface area contributed by atoms with Gasteiger partial charge in [-0.25, -0.2) is 4.79 Å². The molecule has 7 heteroatoms. The molecule has 1 fully saturated rings. The fraction of sp³-hybridized carbons (Fsp3) is 0.700. The fourth-order valence-electron chi connectivity index (χ4n) is 1.84. The average molecular weight is 264 g/mol. The number of rotatable bonds is 5. The minimum absolute atomic E-state index is 0.0369. The maximum absolute atomic E-state index is 11.7. The van der Waals surface area contributed by atoms with Gasteiger partial charge in [-0.3, -0.25) is 9.59 Å². The summed E-state index contributed by atoms with van der Waals surface area (Å²) >= 11 is 5.65. The molecule has 1 unspecified atom stereocenters. The van der Waals surface area contributed by atoms with E-state index in [-0.39, 0.29) is 18.2 Å². The largest absolute Gasteiger partial charge is 0.481 e. The molecule has 1 aliphatic heterocycles. The Labute approximate surface area is 103 Å². The molecule has 0 saturated carbocycles. The highest BCUT2D eigenvalue weighted by atomic mass is 35.5. The molecule has 0 aromatic carbocycles. The van der Waals surface area contributed by atoms with E-state index in [9.17, 15) is 14.4 Å². The number of carbonyl (C=O) groups is 3. The summed E-state index contributed by atoms with van der Waals surface area (Å²) in [5.41, 5.74) is 0. The van der Waals surface area contributed by atoms with Crippen LogP contribution in [0.5, 0.6) is 0 Å². The number of nitrogens with zero attached hydrogens (tertiary/aromatic N) is 1. The highest BCUT2D eigenvalue weighted by Crippen LogP contribution is 2.23. The number of hydrogen-bond donors (Lipinski definition) is 1. The minimum Gasteiger partial charge on any atom is -0.481 e. The number of ether oxygens (including phenoxy) is 1. The Hall–Kier alpha value is -1.30. The maximum atomic E-state index is 11.7.